The van der Waals surface area contributed by atoms with Crippen LogP contribution in [0, 0.1) is 0 Å². The standard InChI is InChI=1S/C23H23ClN2O4/c1-16(26-23(28)20-9-2-3-10-21(20)24)22(27)25-13-17-6-4-7-18(12-17)14-29-15-19-8-5-11-30-19/h2-12,16H,13-15H2,1H3,(H,25,27)(H,26,28). The van der Waals surface area contributed by atoms with Crippen molar-refractivity contribution in [1.82, 2.24) is 10.6 Å². The maximum absolute atomic E-state index is 12.4. The number of nitrogens with one attached hydrogen (secondary N) is 2. The lowest BCUT2D eigenvalue weighted by atomic mass is 10.1. The summed E-state index contributed by atoms with van der Waals surface area (Å²) in [5, 5.41) is 5.84. The summed E-state index contributed by atoms with van der Waals surface area (Å²) in [6, 6.07) is 17.4. The molecule has 156 valence electrons. The fraction of sp³-hybridized carbons (Fsp3) is 0.217. The van der Waals surface area contributed by atoms with Crippen molar-refractivity contribution < 1.29 is 18.7 Å². The number of carbonyl (C=O) groups is 2. The van der Waals surface area contributed by atoms with Crippen molar-refractivity contribution >= 4 is 23.4 Å². The molecular weight excluding hydrogens is 404 g/mol. The van der Waals surface area contributed by atoms with Crippen molar-refractivity contribution in [2.75, 3.05) is 0 Å². The van der Waals surface area contributed by atoms with Crippen LogP contribution in [0.15, 0.2) is 71.3 Å². The van der Waals surface area contributed by atoms with Gasteiger partial charge in [0, 0.05) is 6.54 Å². The average Bonchev–Trinajstić information content (AvgIpc) is 3.26. The second kappa shape index (κ2) is 10.6. The molecule has 0 aliphatic heterocycles. The van der Waals surface area contributed by atoms with E-state index in [4.69, 9.17) is 20.8 Å². The first-order chi connectivity index (χ1) is 14.5. The van der Waals surface area contributed by atoms with E-state index in [1.54, 1.807) is 37.5 Å². The molecule has 0 aliphatic carbocycles. The highest BCUT2D eigenvalue weighted by Gasteiger charge is 2.17. The van der Waals surface area contributed by atoms with Gasteiger partial charge >= 0.3 is 0 Å². The van der Waals surface area contributed by atoms with Gasteiger partial charge in [0.2, 0.25) is 5.91 Å². The second-order valence-electron chi connectivity index (χ2n) is 6.78. The van der Waals surface area contributed by atoms with Crippen LogP contribution < -0.4 is 10.6 Å². The van der Waals surface area contributed by atoms with Gasteiger partial charge in [0.1, 0.15) is 18.4 Å². The van der Waals surface area contributed by atoms with E-state index in [0.717, 1.165) is 16.9 Å². The quantitative estimate of drug-likeness (QED) is 0.540. The fourth-order valence-corrected chi connectivity index (χ4v) is 3.04. The lowest BCUT2D eigenvalue weighted by Gasteiger charge is -2.15. The third kappa shape index (κ3) is 6.20. The molecule has 2 aromatic carbocycles. The van der Waals surface area contributed by atoms with Gasteiger partial charge in [0.15, 0.2) is 0 Å². The first-order valence-corrected chi connectivity index (χ1v) is 9.92. The molecule has 2 amide bonds. The minimum absolute atomic E-state index is 0.283. The van der Waals surface area contributed by atoms with E-state index in [-0.39, 0.29) is 11.8 Å². The highest BCUT2D eigenvalue weighted by molar-refractivity contribution is 6.33. The molecule has 0 saturated heterocycles. The number of hydrogen-bond acceptors (Lipinski definition) is 4. The van der Waals surface area contributed by atoms with E-state index < -0.39 is 6.04 Å². The summed E-state index contributed by atoms with van der Waals surface area (Å²) in [6.07, 6.45) is 1.61. The van der Waals surface area contributed by atoms with Crippen LogP contribution in [0.5, 0.6) is 0 Å². The number of furan rings is 1. The Morgan fingerprint density at radius 3 is 2.60 bits per heavy atom. The summed E-state index contributed by atoms with van der Waals surface area (Å²) in [5.41, 5.74) is 2.27. The molecule has 1 aromatic heterocycles. The van der Waals surface area contributed by atoms with Crippen LogP contribution >= 0.6 is 11.6 Å². The first-order valence-electron chi connectivity index (χ1n) is 9.54. The van der Waals surface area contributed by atoms with E-state index in [1.165, 1.54) is 0 Å². The molecule has 1 heterocycles. The molecule has 0 fully saturated rings. The molecule has 1 unspecified atom stereocenters. The van der Waals surface area contributed by atoms with Gasteiger partial charge in [-0.3, -0.25) is 9.59 Å². The zero-order valence-electron chi connectivity index (χ0n) is 16.6. The zero-order chi connectivity index (χ0) is 21.3. The molecule has 0 saturated carbocycles. The number of amides is 2. The molecule has 0 aliphatic rings. The summed E-state index contributed by atoms with van der Waals surface area (Å²) in [5.74, 6) is 0.0973. The predicted octanol–water partition coefficient (Wildman–Crippen LogP) is 4.08. The molecule has 1 atom stereocenters. The monoisotopic (exact) mass is 426 g/mol. The molecule has 6 nitrogen and oxygen atoms in total. The summed E-state index contributed by atoms with van der Waals surface area (Å²) in [7, 11) is 0. The Morgan fingerprint density at radius 2 is 1.83 bits per heavy atom. The van der Waals surface area contributed by atoms with Crippen LogP contribution in [0.4, 0.5) is 0 Å². The Bertz CT molecular complexity index is 988. The Hall–Kier alpha value is -3.09. The third-order valence-corrected chi connectivity index (χ3v) is 4.74. The van der Waals surface area contributed by atoms with Gasteiger partial charge in [0.05, 0.1) is 23.5 Å². The van der Waals surface area contributed by atoms with E-state index >= 15 is 0 Å². The molecular formula is C23H23ClN2O4. The molecule has 2 N–H and O–H groups in total. The average molecular weight is 427 g/mol. The van der Waals surface area contributed by atoms with Gasteiger partial charge in [-0.15, -0.1) is 0 Å². The van der Waals surface area contributed by atoms with Crippen LogP contribution in [0.25, 0.3) is 0 Å². The Balaban J connectivity index is 1.46. The van der Waals surface area contributed by atoms with Crippen molar-refractivity contribution in [1.29, 1.82) is 0 Å². The van der Waals surface area contributed by atoms with Crippen LogP contribution in [0.3, 0.4) is 0 Å². The zero-order valence-corrected chi connectivity index (χ0v) is 17.3. The summed E-state index contributed by atoms with van der Waals surface area (Å²) >= 11 is 6.03. The number of rotatable bonds is 9. The number of ether oxygens (including phenoxy) is 1. The van der Waals surface area contributed by atoms with Crippen molar-refractivity contribution in [2.24, 2.45) is 0 Å². The van der Waals surface area contributed by atoms with Crippen molar-refractivity contribution in [3.63, 3.8) is 0 Å². The molecule has 3 aromatic rings. The highest BCUT2D eigenvalue weighted by Crippen LogP contribution is 2.14. The van der Waals surface area contributed by atoms with Gasteiger partial charge in [-0.05, 0) is 42.3 Å². The summed E-state index contributed by atoms with van der Waals surface area (Å²) < 4.78 is 10.9. The Kier molecular flexibility index (Phi) is 7.65. The van der Waals surface area contributed by atoms with Gasteiger partial charge in [-0.2, -0.15) is 0 Å². The normalized spacial score (nSPS) is 11.7. The topological polar surface area (TPSA) is 80.6 Å². The van der Waals surface area contributed by atoms with Gasteiger partial charge in [-0.1, -0.05) is 48.0 Å². The van der Waals surface area contributed by atoms with Gasteiger partial charge in [-0.25, -0.2) is 0 Å². The number of halogens is 1. The lowest BCUT2D eigenvalue weighted by Crippen LogP contribution is -2.44. The predicted molar refractivity (Wildman–Crippen MR) is 114 cm³/mol. The first kappa shape index (κ1) is 21.6. The Morgan fingerprint density at radius 1 is 1.03 bits per heavy atom. The van der Waals surface area contributed by atoms with E-state index in [0.29, 0.717) is 30.3 Å². The molecule has 3 rings (SSSR count). The highest BCUT2D eigenvalue weighted by atomic mass is 35.5. The minimum atomic E-state index is -0.700. The SMILES string of the molecule is CC(NC(=O)c1ccccc1Cl)C(=O)NCc1cccc(COCc2ccco2)c1. The van der Waals surface area contributed by atoms with Crippen molar-refractivity contribution in [2.45, 2.75) is 32.7 Å². The molecule has 0 bridgehead atoms. The van der Waals surface area contributed by atoms with Crippen LogP contribution in [-0.4, -0.2) is 17.9 Å². The van der Waals surface area contributed by atoms with Gasteiger partial charge in [0.25, 0.3) is 5.91 Å². The maximum atomic E-state index is 12.4. The smallest absolute Gasteiger partial charge is 0.253 e. The van der Waals surface area contributed by atoms with E-state index in [1.807, 2.05) is 36.4 Å². The number of carbonyl (C=O) groups excluding carboxylic acids is 2. The summed E-state index contributed by atoms with van der Waals surface area (Å²) in [6.45, 7) is 2.81. The summed E-state index contributed by atoms with van der Waals surface area (Å²) in [4.78, 5) is 24.7. The van der Waals surface area contributed by atoms with Crippen LogP contribution in [-0.2, 0) is 29.3 Å². The van der Waals surface area contributed by atoms with Crippen LogP contribution in [0.2, 0.25) is 5.02 Å². The molecule has 0 radical (unpaired) electrons. The van der Waals surface area contributed by atoms with Crippen molar-refractivity contribution in [3.8, 4) is 0 Å². The Labute approximate surface area is 180 Å². The molecule has 7 heteroatoms. The second-order valence-corrected chi connectivity index (χ2v) is 7.19. The largest absolute Gasteiger partial charge is 0.467 e. The number of hydrogen-bond donors (Lipinski definition) is 2. The maximum Gasteiger partial charge on any atom is 0.253 e. The van der Waals surface area contributed by atoms with Crippen LogP contribution in [0.1, 0.15) is 34.2 Å². The minimum Gasteiger partial charge on any atom is -0.467 e. The molecule has 30 heavy (non-hydrogen) atoms. The van der Waals surface area contributed by atoms with E-state index in [2.05, 4.69) is 10.6 Å². The number of benzene rings is 2. The van der Waals surface area contributed by atoms with E-state index in [9.17, 15) is 9.59 Å². The fourth-order valence-electron chi connectivity index (χ4n) is 2.82. The van der Waals surface area contributed by atoms with Gasteiger partial charge < -0.3 is 19.8 Å². The molecule has 0 spiro atoms. The van der Waals surface area contributed by atoms with Crippen molar-refractivity contribution in [3.05, 3.63) is 94.4 Å². The lowest BCUT2D eigenvalue weighted by molar-refractivity contribution is -0.122. The third-order valence-electron chi connectivity index (χ3n) is 4.41.